The van der Waals surface area contributed by atoms with Crippen LogP contribution in [-0.4, -0.2) is 37.0 Å². The summed E-state index contributed by atoms with van der Waals surface area (Å²) in [5.74, 6) is -0.170. The third-order valence-corrected chi connectivity index (χ3v) is 3.36. The number of benzene rings is 1. The Morgan fingerprint density at radius 3 is 2.56 bits per heavy atom. The van der Waals surface area contributed by atoms with Crippen molar-refractivity contribution < 1.29 is 9.18 Å². The predicted molar refractivity (Wildman–Crippen MR) is 68.8 cm³/mol. The second kappa shape index (κ2) is 5.35. The summed E-state index contributed by atoms with van der Waals surface area (Å²) in [5, 5.41) is 0. The van der Waals surface area contributed by atoms with E-state index >= 15 is 0 Å². The Balaban J connectivity index is 2.14. The summed E-state index contributed by atoms with van der Waals surface area (Å²) in [6.45, 7) is 4.55. The van der Waals surface area contributed by atoms with E-state index in [9.17, 15) is 9.18 Å². The largest absolute Gasteiger partial charge is 0.368 e. The van der Waals surface area contributed by atoms with E-state index < -0.39 is 0 Å². The van der Waals surface area contributed by atoms with E-state index in [4.69, 9.17) is 5.73 Å². The highest BCUT2D eigenvalue weighted by molar-refractivity contribution is 5.73. The van der Waals surface area contributed by atoms with Gasteiger partial charge in [-0.3, -0.25) is 4.79 Å². The molecule has 1 aromatic rings. The van der Waals surface area contributed by atoms with E-state index in [1.165, 1.54) is 6.07 Å². The summed E-state index contributed by atoms with van der Waals surface area (Å²) in [4.78, 5) is 15.1. The molecule has 18 heavy (non-hydrogen) atoms. The van der Waals surface area contributed by atoms with Crippen molar-refractivity contribution in [2.45, 2.75) is 13.5 Å². The Kier molecular flexibility index (Phi) is 3.81. The summed E-state index contributed by atoms with van der Waals surface area (Å²) in [7, 11) is 0. The first kappa shape index (κ1) is 12.8. The highest BCUT2D eigenvalue weighted by Crippen LogP contribution is 2.24. The van der Waals surface area contributed by atoms with Crippen LogP contribution < -0.4 is 10.6 Å². The minimum Gasteiger partial charge on any atom is -0.368 e. The van der Waals surface area contributed by atoms with Crippen LogP contribution in [0.3, 0.4) is 0 Å². The van der Waals surface area contributed by atoms with E-state index in [1.807, 2.05) is 6.07 Å². The Morgan fingerprint density at radius 1 is 1.33 bits per heavy atom. The zero-order valence-electron chi connectivity index (χ0n) is 10.5. The molecule has 1 heterocycles. The number of piperazine rings is 1. The monoisotopic (exact) mass is 251 g/mol. The fourth-order valence-electron chi connectivity index (χ4n) is 2.31. The first-order valence-electron chi connectivity index (χ1n) is 6.11. The second-order valence-corrected chi connectivity index (χ2v) is 4.43. The maximum atomic E-state index is 13.6. The SMILES string of the molecule is CC(=O)N1CCN(c2cccc(F)c2CN)CC1. The number of amides is 1. The maximum Gasteiger partial charge on any atom is 0.219 e. The van der Waals surface area contributed by atoms with E-state index in [0.717, 1.165) is 18.8 Å². The van der Waals surface area contributed by atoms with Gasteiger partial charge in [-0.2, -0.15) is 0 Å². The van der Waals surface area contributed by atoms with Gasteiger partial charge in [-0.25, -0.2) is 4.39 Å². The van der Waals surface area contributed by atoms with Crippen LogP contribution in [0.25, 0.3) is 0 Å². The van der Waals surface area contributed by atoms with Crippen LogP contribution in [0.2, 0.25) is 0 Å². The Morgan fingerprint density at radius 2 is 2.00 bits per heavy atom. The number of halogens is 1. The summed E-state index contributed by atoms with van der Waals surface area (Å²) in [5.41, 5.74) is 7.00. The molecule has 1 saturated heterocycles. The van der Waals surface area contributed by atoms with Crippen LogP contribution in [0, 0.1) is 5.82 Å². The molecule has 1 aromatic carbocycles. The van der Waals surface area contributed by atoms with E-state index in [0.29, 0.717) is 18.7 Å². The molecule has 4 nitrogen and oxygen atoms in total. The minimum absolute atomic E-state index is 0.0907. The third-order valence-electron chi connectivity index (χ3n) is 3.36. The number of rotatable bonds is 2. The Bertz CT molecular complexity index is 442. The summed E-state index contributed by atoms with van der Waals surface area (Å²) in [6, 6.07) is 5.01. The van der Waals surface area contributed by atoms with E-state index in [2.05, 4.69) is 4.90 Å². The summed E-state index contributed by atoms with van der Waals surface area (Å²) < 4.78 is 13.6. The number of hydrogen-bond acceptors (Lipinski definition) is 3. The molecule has 98 valence electrons. The van der Waals surface area contributed by atoms with Crippen molar-refractivity contribution in [1.82, 2.24) is 4.90 Å². The Hall–Kier alpha value is -1.62. The van der Waals surface area contributed by atoms with E-state index in [-0.39, 0.29) is 18.3 Å². The van der Waals surface area contributed by atoms with Gasteiger partial charge in [-0.15, -0.1) is 0 Å². The summed E-state index contributed by atoms with van der Waals surface area (Å²) >= 11 is 0. The van der Waals surface area contributed by atoms with Crippen LogP contribution >= 0.6 is 0 Å². The molecule has 1 fully saturated rings. The second-order valence-electron chi connectivity index (χ2n) is 4.43. The lowest BCUT2D eigenvalue weighted by atomic mass is 10.1. The number of carbonyl (C=O) groups excluding carboxylic acids is 1. The minimum atomic E-state index is -0.260. The van der Waals surface area contributed by atoms with Crippen LogP contribution in [0.4, 0.5) is 10.1 Å². The Labute approximate surface area is 106 Å². The average Bonchev–Trinajstić information content (AvgIpc) is 2.38. The molecule has 0 unspecified atom stereocenters. The van der Waals surface area contributed by atoms with Crippen LogP contribution in [-0.2, 0) is 11.3 Å². The van der Waals surface area contributed by atoms with Gasteiger partial charge in [0.25, 0.3) is 0 Å². The average molecular weight is 251 g/mol. The van der Waals surface area contributed by atoms with Gasteiger partial charge in [0.2, 0.25) is 5.91 Å². The number of anilines is 1. The number of nitrogens with zero attached hydrogens (tertiary/aromatic N) is 2. The van der Waals surface area contributed by atoms with Gasteiger partial charge >= 0.3 is 0 Å². The quantitative estimate of drug-likeness (QED) is 0.851. The topological polar surface area (TPSA) is 49.6 Å². The van der Waals surface area contributed by atoms with Gasteiger partial charge in [0.15, 0.2) is 0 Å². The maximum absolute atomic E-state index is 13.6. The molecular formula is C13H18FN3O. The molecular weight excluding hydrogens is 233 g/mol. The third kappa shape index (κ3) is 2.46. The van der Waals surface area contributed by atoms with Gasteiger partial charge in [0.1, 0.15) is 5.82 Å². The zero-order chi connectivity index (χ0) is 13.1. The molecule has 0 spiro atoms. The molecule has 1 aliphatic heterocycles. The molecule has 0 radical (unpaired) electrons. The normalized spacial score (nSPS) is 15.9. The smallest absolute Gasteiger partial charge is 0.219 e. The highest BCUT2D eigenvalue weighted by Gasteiger charge is 2.21. The predicted octanol–water partition coefficient (Wildman–Crippen LogP) is 0.953. The van der Waals surface area contributed by atoms with Gasteiger partial charge in [-0.05, 0) is 12.1 Å². The van der Waals surface area contributed by atoms with Crippen molar-refractivity contribution in [1.29, 1.82) is 0 Å². The molecule has 0 atom stereocenters. The standard InChI is InChI=1S/C13H18FN3O/c1-10(18)16-5-7-17(8-6-16)13-4-2-3-12(14)11(13)9-15/h2-4H,5-9,15H2,1H3. The van der Waals surface area contributed by atoms with Crippen molar-refractivity contribution in [3.8, 4) is 0 Å². The van der Waals surface area contributed by atoms with Crippen LogP contribution in [0.15, 0.2) is 18.2 Å². The number of hydrogen-bond donors (Lipinski definition) is 1. The van der Waals surface area contributed by atoms with Crippen molar-refractivity contribution >= 4 is 11.6 Å². The fourth-order valence-corrected chi connectivity index (χ4v) is 2.31. The molecule has 5 heteroatoms. The molecule has 0 aliphatic carbocycles. The molecule has 1 aliphatic rings. The van der Waals surface area contributed by atoms with Crippen molar-refractivity contribution in [3.63, 3.8) is 0 Å². The van der Waals surface area contributed by atoms with Crippen molar-refractivity contribution in [2.24, 2.45) is 5.73 Å². The molecule has 2 N–H and O–H groups in total. The number of nitrogens with two attached hydrogens (primary N) is 1. The van der Waals surface area contributed by atoms with Gasteiger partial charge in [-0.1, -0.05) is 6.07 Å². The van der Waals surface area contributed by atoms with Gasteiger partial charge in [0, 0.05) is 50.9 Å². The molecule has 1 amide bonds. The van der Waals surface area contributed by atoms with Crippen molar-refractivity contribution in [3.05, 3.63) is 29.6 Å². The first-order valence-corrected chi connectivity index (χ1v) is 6.11. The molecule has 0 aromatic heterocycles. The van der Waals surface area contributed by atoms with E-state index in [1.54, 1.807) is 17.9 Å². The lowest BCUT2D eigenvalue weighted by molar-refractivity contribution is -0.129. The fraction of sp³-hybridized carbons (Fsp3) is 0.462. The zero-order valence-corrected chi connectivity index (χ0v) is 10.5. The highest BCUT2D eigenvalue weighted by atomic mass is 19.1. The lowest BCUT2D eigenvalue weighted by Crippen LogP contribution is -2.48. The molecule has 0 bridgehead atoms. The number of carbonyl (C=O) groups is 1. The van der Waals surface area contributed by atoms with Crippen molar-refractivity contribution in [2.75, 3.05) is 31.1 Å². The lowest BCUT2D eigenvalue weighted by Gasteiger charge is -2.36. The van der Waals surface area contributed by atoms with Crippen LogP contribution in [0.1, 0.15) is 12.5 Å². The first-order chi connectivity index (χ1) is 8.63. The van der Waals surface area contributed by atoms with Gasteiger partial charge in [0.05, 0.1) is 0 Å². The molecule has 2 rings (SSSR count). The summed E-state index contributed by atoms with van der Waals surface area (Å²) in [6.07, 6.45) is 0. The van der Waals surface area contributed by atoms with Gasteiger partial charge < -0.3 is 15.5 Å². The van der Waals surface area contributed by atoms with Crippen LogP contribution in [0.5, 0.6) is 0 Å². The molecule has 0 saturated carbocycles.